The van der Waals surface area contributed by atoms with E-state index in [0.717, 1.165) is 25.7 Å². The Bertz CT molecular complexity index is 667. The molecule has 134 valence electrons. The number of nitrogens with zero attached hydrogens (tertiary/aromatic N) is 1. The van der Waals surface area contributed by atoms with E-state index in [4.69, 9.17) is 5.73 Å². The molecule has 24 heavy (non-hydrogen) atoms. The highest BCUT2D eigenvalue weighted by Gasteiger charge is 2.29. The van der Waals surface area contributed by atoms with Crippen LogP contribution in [-0.4, -0.2) is 37.8 Å². The normalized spacial score (nSPS) is 17.7. The van der Waals surface area contributed by atoms with E-state index in [1.54, 1.807) is 32.2 Å². The summed E-state index contributed by atoms with van der Waals surface area (Å²) in [6, 6.07) is 6.21. The number of hydrogen-bond donors (Lipinski definition) is 2. The van der Waals surface area contributed by atoms with E-state index >= 15 is 0 Å². The van der Waals surface area contributed by atoms with Crippen molar-refractivity contribution in [2.45, 2.75) is 62.4 Å². The van der Waals surface area contributed by atoms with E-state index in [1.165, 1.54) is 16.8 Å². The van der Waals surface area contributed by atoms with Crippen molar-refractivity contribution in [1.82, 2.24) is 4.31 Å². The van der Waals surface area contributed by atoms with E-state index in [1.807, 2.05) is 0 Å². The SMILES string of the molecule is CC(N)CC(=O)Nc1cccc(S(=O)(=O)N(C)C2CCCCC2)c1. The Morgan fingerprint density at radius 3 is 2.62 bits per heavy atom. The smallest absolute Gasteiger partial charge is 0.243 e. The van der Waals surface area contributed by atoms with E-state index < -0.39 is 10.0 Å². The minimum atomic E-state index is -3.56. The molecule has 1 atom stereocenters. The molecule has 1 aliphatic carbocycles. The van der Waals surface area contributed by atoms with Crippen LogP contribution in [0.3, 0.4) is 0 Å². The summed E-state index contributed by atoms with van der Waals surface area (Å²) in [4.78, 5) is 12.0. The van der Waals surface area contributed by atoms with Crippen LogP contribution in [0, 0.1) is 0 Å². The second-order valence-corrected chi connectivity index (χ2v) is 8.57. The molecule has 1 aromatic rings. The highest BCUT2D eigenvalue weighted by molar-refractivity contribution is 7.89. The molecular weight excluding hydrogens is 326 g/mol. The van der Waals surface area contributed by atoms with Crippen LogP contribution < -0.4 is 11.1 Å². The number of nitrogens with one attached hydrogen (secondary N) is 1. The monoisotopic (exact) mass is 353 g/mol. The molecule has 2 rings (SSSR count). The zero-order chi connectivity index (χ0) is 17.7. The van der Waals surface area contributed by atoms with E-state index in [9.17, 15) is 13.2 Å². The predicted octanol–water partition coefficient (Wildman–Crippen LogP) is 2.32. The Labute approximate surface area is 144 Å². The van der Waals surface area contributed by atoms with Crippen molar-refractivity contribution >= 4 is 21.6 Å². The van der Waals surface area contributed by atoms with Crippen LogP contribution in [0.5, 0.6) is 0 Å². The van der Waals surface area contributed by atoms with E-state index in [0.29, 0.717) is 5.69 Å². The van der Waals surface area contributed by atoms with Gasteiger partial charge < -0.3 is 11.1 Å². The topological polar surface area (TPSA) is 92.5 Å². The summed E-state index contributed by atoms with van der Waals surface area (Å²) in [7, 11) is -1.92. The lowest BCUT2D eigenvalue weighted by atomic mass is 9.96. The summed E-state index contributed by atoms with van der Waals surface area (Å²) in [5.41, 5.74) is 6.08. The van der Waals surface area contributed by atoms with Crippen LogP contribution in [0.1, 0.15) is 45.4 Å². The second-order valence-electron chi connectivity index (χ2n) is 6.57. The Balaban J connectivity index is 2.15. The van der Waals surface area contributed by atoms with Crippen LogP contribution in [0.15, 0.2) is 29.2 Å². The van der Waals surface area contributed by atoms with Crippen molar-refractivity contribution in [1.29, 1.82) is 0 Å². The van der Waals surface area contributed by atoms with Crippen molar-refractivity contribution in [2.75, 3.05) is 12.4 Å². The summed E-state index contributed by atoms with van der Waals surface area (Å²) < 4.78 is 27.2. The van der Waals surface area contributed by atoms with Gasteiger partial charge in [-0.25, -0.2) is 8.42 Å². The highest BCUT2D eigenvalue weighted by Crippen LogP contribution is 2.27. The number of amides is 1. The van der Waals surface area contributed by atoms with Crippen LogP contribution in [0.2, 0.25) is 0 Å². The van der Waals surface area contributed by atoms with Gasteiger partial charge in [0, 0.05) is 31.2 Å². The van der Waals surface area contributed by atoms with Crippen molar-refractivity contribution in [3.05, 3.63) is 24.3 Å². The van der Waals surface area contributed by atoms with Gasteiger partial charge >= 0.3 is 0 Å². The van der Waals surface area contributed by atoms with Gasteiger partial charge in [-0.15, -0.1) is 0 Å². The zero-order valence-corrected chi connectivity index (χ0v) is 15.2. The number of carbonyl (C=O) groups excluding carboxylic acids is 1. The van der Waals surface area contributed by atoms with Crippen molar-refractivity contribution < 1.29 is 13.2 Å². The van der Waals surface area contributed by atoms with E-state index in [2.05, 4.69) is 5.32 Å². The average molecular weight is 353 g/mol. The maximum absolute atomic E-state index is 12.8. The maximum atomic E-state index is 12.8. The summed E-state index contributed by atoms with van der Waals surface area (Å²) in [6.07, 6.45) is 5.31. The van der Waals surface area contributed by atoms with Gasteiger partial charge in [-0.05, 0) is 38.0 Å². The van der Waals surface area contributed by atoms with Crippen molar-refractivity contribution in [3.8, 4) is 0 Å². The Morgan fingerprint density at radius 1 is 1.33 bits per heavy atom. The largest absolute Gasteiger partial charge is 0.327 e. The molecule has 0 saturated heterocycles. The molecule has 0 spiro atoms. The van der Waals surface area contributed by atoms with Gasteiger partial charge in [0.2, 0.25) is 15.9 Å². The standard InChI is InChI=1S/C17H27N3O3S/c1-13(18)11-17(21)19-14-7-6-10-16(12-14)24(22,23)20(2)15-8-4-3-5-9-15/h6-7,10,12-13,15H,3-5,8-9,11,18H2,1-2H3,(H,19,21). The molecule has 1 saturated carbocycles. The fraction of sp³-hybridized carbons (Fsp3) is 0.588. The molecule has 1 fully saturated rings. The first-order valence-electron chi connectivity index (χ1n) is 8.44. The van der Waals surface area contributed by atoms with Gasteiger partial charge in [-0.1, -0.05) is 25.3 Å². The first-order valence-corrected chi connectivity index (χ1v) is 9.88. The fourth-order valence-corrected chi connectivity index (χ4v) is 4.51. The molecule has 0 heterocycles. The molecule has 0 aliphatic heterocycles. The number of nitrogens with two attached hydrogens (primary N) is 1. The summed E-state index contributed by atoms with van der Waals surface area (Å²) in [5.74, 6) is -0.222. The number of sulfonamides is 1. The van der Waals surface area contributed by atoms with Gasteiger partial charge in [-0.2, -0.15) is 4.31 Å². The van der Waals surface area contributed by atoms with Gasteiger partial charge in [0.05, 0.1) is 4.90 Å². The van der Waals surface area contributed by atoms with Gasteiger partial charge in [0.1, 0.15) is 0 Å². The third-order valence-electron chi connectivity index (χ3n) is 4.39. The van der Waals surface area contributed by atoms with Crippen LogP contribution in [0.25, 0.3) is 0 Å². The Hall–Kier alpha value is -1.44. The molecule has 1 aromatic carbocycles. The quantitative estimate of drug-likeness (QED) is 0.821. The molecule has 0 aromatic heterocycles. The molecule has 3 N–H and O–H groups in total. The lowest BCUT2D eigenvalue weighted by Gasteiger charge is -2.30. The molecule has 1 aliphatic rings. The molecule has 1 unspecified atom stereocenters. The lowest BCUT2D eigenvalue weighted by molar-refractivity contribution is -0.116. The predicted molar refractivity (Wildman–Crippen MR) is 95.2 cm³/mol. The molecular formula is C17H27N3O3S. The minimum Gasteiger partial charge on any atom is -0.327 e. The third kappa shape index (κ3) is 4.78. The summed E-state index contributed by atoms with van der Waals surface area (Å²) in [5, 5.41) is 2.70. The molecule has 1 amide bonds. The zero-order valence-electron chi connectivity index (χ0n) is 14.4. The van der Waals surface area contributed by atoms with Gasteiger partial charge in [-0.3, -0.25) is 4.79 Å². The van der Waals surface area contributed by atoms with Gasteiger partial charge in [0.25, 0.3) is 0 Å². The minimum absolute atomic E-state index is 0.0556. The third-order valence-corrected chi connectivity index (χ3v) is 6.30. The molecule has 0 radical (unpaired) electrons. The summed E-state index contributed by atoms with van der Waals surface area (Å²) in [6.45, 7) is 1.75. The van der Waals surface area contributed by atoms with Gasteiger partial charge in [0.15, 0.2) is 0 Å². The van der Waals surface area contributed by atoms with Crippen LogP contribution in [0.4, 0.5) is 5.69 Å². The number of carbonyl (C=O) groups is 1. The number of anilines is 1. The lowest BCUT2D eigenvalue weighted by Crippen LogP contribution is -2.38. The molecule has 6 nitrogen and oxygen atoms in total. The maximum Gasteiger partial charge on any atom is 0.243 e. The number of rotatable bonds is 6. The number of benzene rings is 1. The Kier molecular flexibility index (Phi) is 6.37. The molecule has 7 heteroatoms. The molecule has 0 bridgehead atoms. The second kappa shape index (κ2) is 8.09. The summed E-state index contributed by atoms with van der Waals surface area (Å²) >= 11 is 0. The fourth-order valence-electron chi connectivity index (χ4n) is 3.05. The van der Waals surface area contributed by atoms with Crippen molar-refractivity contribution in [2.24, 2.45) is 5.73 Å². The average Bonchev–Trinajstić information content (AvgIpc) is 2.54. The van der Waals surface area contributed by atoms with E-state index in [-0.39, 0.29) is 29.3 Å². The highest BCUT2D eigenvalue weighted by atomic mass is 32.2. The first-order chi connectivity index (χ1) is 11.3. The Morgan fingerprint density at radius 2 is 2.00 bits per heavy atom. The van der Waals surface area contributed by atoms with Crippen LogP contribution >= 0.6 is 0 Å². The van der Waals surface area contributed by atoms with Crippen LogP contribution in [-0.2, 0) is 14.8 Å². The first kappa shape index (κ1) is 18.9. The van der Waals surface area contributed by atoms with Crippen molar-refractivity contribution in [3.63, 3.8) is 0 Å². The number of hydrogen-bond acceptors (Lipinski definition) is 4.